The van der Waals surface area contributed by atoms with E-state index in [1.165, 1.54) is 24.0 Å². The van der Waals surface area contributed by atoms with Crippen LogP contribution >= 0.6 is 0 Å². The zero-order chi connectivity index (χ0) is 11.0. The van der Waals surface area contributed by atoms with Crippen LogP contribution in [0.3, 0.4) is 0 Å². The van der Waals surface area contributed by atoms with Crippen LogP contribution in [0.5, 0.6) is 5.75 Å². The van der Waals surface area contributed by atoms with Crippen LogP contribution in [0.4, 0.5) is 0 Å². The SMILES string of the molecule is NC(c1ccc2c(c1)CCO2)C1CCCN1. The third kappa shape index (κ3) is 1.70. The lowest BCUT2D eigenvalue weighted by molar-refractivity contribution is 0.356. The van der Waals surface area contributed by atoms with Crippen LogP contribution in [0, 0.1) is 0 Å². The standard InChI is InChI=1S/C13H18N2O/c14-13(11-2-1-6-15-11)10-3-4-12-9(8-10)5-7-16-12/h3-4,8,11,13,15H,1-2,5-7,14H2. The lowest BCUT2D eigenvalue weighted by Gasteiger charge is -2.20. The number of nitrogens with two attached hydrogens (primary N) is 1. The summed E-state index contributed by atoms with van der Waals surface area (Å²) in [6.45, 7) is 1.92. The third-order valence-corrected chi connectivity index (χ3v) is 3.63. The molecule has 1 saturated heterocycles. The quantitative estimate of drug-likeness (QED) is 0.788. The number of rotatable bonds is 2. The minimum absolute atomic E-state index is 0.119. The van der Waals surface area contributed by atoms with Crippen LogP contribution in [0.25, 0.3) is 0 Å². The zero-order valence-electron chi connectivity index (χ0n) is 9.41. The molecule has 2 aliphatic rings. The second-order valence-electron chi connectivity index (χ2n) is 4.69. The second-order valence-corrected chi connectivity index (χ2v) is 4.69. The molecule has 3 N–H and O–H groups in total. The lowest BCUT2D eigenvalue weighted by atomic mass is 9.97. The minimum atomic E-state index is 0.119. The maximum atomic E-state index is 6.29. The summed E-state index contributed by atoms with van der Waals surface area (Å²) in [6, 6.07) is 6.95. The molecule has 0 radical (unpaired) electrons. The van der Waals surface area contributed by atoms with Gasteiger partial charge in [-0.3, -0.25) is 0 Å². The van der Waals surface area contributed by atoms with Crippen molar-refractivity contribution in [2.75, 3.05) is 13.2 Å². The predicted molar refractivity (Wildman–Crippen MR) is 63.6 cm³/mol. The van der Waals surface area contributed by atoms with Crippen molar-refractivity contribution >= 4 is 0 Å². The molecule has 0 bridgehead atoms. The highest BCUT2D eigenvalue weighted by atomic mass is 16.5. The first-order valence-electron chi connectivity index (χ1n) is 6.09. The van der Waals surface area contributed by atoms with Gasteiger partial charge < -0.3 is 15.8 Å². The Bertz CT molecular complexity index is 386. The van der Waals surface area contributed by atoms with Crippen molar-refractivity contribution in [3.63, 3.8) is 0 Å². The Balaban J connectivity index is 1.83. The van der Waals surface area contributed by atoms with E-state index in [0.29, 0.717) is 6.04 Å². The van der Waals surface area contributed by atoms with Crippen molar-refractivity contribution in [1.82, 2.24) is 5.32 Å². The van der Waals surface area contributed by atoms with Gasteiger partial charge in [0.05, 0.1) is 6.61 Å². The third-order valence-electron chi connectivity index (χ3n) is 3.63. The minimum Gasteiger partial charge on any atom is -0.493 e. The van der Waals surface area contributed by atoms with E-state index in [1.807, 2.05) is 0 Å². The molecule has 1 aromatic rings. The molecule has 0 amide bonds. The molecule has 1 fully saturated rings. The number of hydrogen-bond donors (Lipinski definition) is 2. The van der Waals surface area contributed by atoms with E-state index >= 15 is 0 Å². The molecule has 2 heterocycles. The molecule has 86 valence electrons. The molecule has 3 heteroatoms. The fourth-order valence-electron chi connectivity index (χ4n) is 2.66. The largest absolute Gasteiger partial charge is 0.493 e. The molecule has 1 aromatic carbocycles. The van der Waals surface area contributed by atoms with Gasteiger partial charge in [0.15, 0.2) is 0 Å². The highest BCUT2D eigenvalue weighted by Gasteiger charge is 2.23. The number of nitrogens with one attached hydrogen (secondary N) is 1. The molecular weight excluding hydrogens is 200 g/mol. The maximum absolute atomic E-state index is 6.29. The summed E-state index contributed by atoms with van der Waals surface area (Å²) in [4.78, 5) is 0. The van der Waals surface area contributed by atoms with E-state index in [4.69, 9.17) is 10.5 Å². The Kier molecular flexibility index (Phi) is 2.58. The molecule has 2 unspecified atom stereocenters. The first-order chi connectivity index (χ1) is 7.84. The summed E-state index contributed by atoms with van der Waals surface area (Å²) >= 11 is 0. The Hall–Kier alpha value is -1.06. The topological polar surface area (TPSA) is 47.3 Å². The zero-order valence-corrected chi connectivity index (χ0v) is 9.41. The van der Waals surface area contributed by atoms with Crippen molar-refractivity contribution in [2.24, 2.45) is 5.73 Å². The van der Waals surface area contributed by atoms with Gasteiger partial charge >= 0.3 is 0 Å². The molecule has 16 heavy (non-hydrogen) atoms. The normalized spacial score (nSPS) is 25.2. The highest BCUT2D eigenvalue weighted by molar-refractivity contribution is 5.41. The van der Waals surface area contributed by atoms with Crippen molar-refractivity contribution < 1.29 is 4.74 Å². The lowest BCUT2D eigenvalue weighted by Crippen LogP contribution is -2.34. The fourth-order valence-corrected chi connectivity index (χ4v) is 2.66. The summed E-state index contributed by atoms with van der Waals surface area (Å²) in [7, 11) is 0. The van der Waals surface area contributed by atoms with Gasteiger partial charge in [-0.1, -0.05) is 12.1 Å². The van der Waals surface area contributed by atoms with Gasteiger partial charge in [0, 0.05) is 18.5 Å². The highest BCUT2D eigenvalue weighted by Crippen LogP contribution is 2.29. The average Bonchev–Trinajstić information content (AvgIpc) is 2.98. The van der Waals surface area contributed by atoms with Crippen LogP contribution in [-0.4, -0.2) is 19.2 Å². The average molecular weight is 218 g/mol. The summed E-state index contributed by atoms with van der Waals surface area (Å²) < 4.78 is 5.50. The Morgan fingerprint density at radius 2 is 2.38 bits per heavy atom. The Morgan fingerprint density at radius 3 is 3.19 bits per heavy atom. The maximum Gasteiger partial charge on any atom is 0.122 e. The van der Waals surface area contributed by atoms with Crippen molar-refractivity contribution in [1.29, 1.82) is 0 Å². The van der Waals surface area contributed by atoms with E-state index in [0.717, 1.165) is 25.3 Å². The number of benzene rings is 1. The Labute approximate surface area is 96.0 Å². The van der Waals surface area contributed by atoms with Crippen LogP contribution in [0.2, 0.25) is 0 Å². The van der Waals surface area contributed by atoms with Gasteiger partial charge in [-0.25, -0.2) is 0 Å². The molecule has 2 atom stereocenters. The smallest absolute Gasteiger partial charge is 0.122 e. The van der Waals surface area contributed by atoms with Gasteiger partial charge in [-0.2, -0.15) is 0 Å². The van der Waals surface area contributed by atoms with E-state index in [1.54, 1.807) is 0 Å². The van der Waals surface area contributed by atoms with E-state index in [9.17, 15) is 0 Å². The molecule has 3 nitrogen and oxygen atoms in total. The van der Waals surface area contributed by atoms with Crippen molar-refractivity contribution in [3.05, 3.63) is 29.3 Å². The van der Waals surface area contributed by atoms with Gasteiger partial charge in [-0.05, 0) is 36.6 Å². The molecule has 0 aliphatic carbocycles. The summed E-state index contributed by atoms with van der Waals surface area (Å²) in [5.74, 6) is 1.04. The number of ether oxygens (including phenoxy) is 1. The van der Waals surface area contributed by atoms with Crippen LogP contribution in [0.15, 0.2) is 18.2 Å². The summed E-state index contributed by atoms with van der Waals surface area (Å²) in [5.41, 5.74) is 8.84. The number of hydrogen-bond acceptors (Lipinski definition) is 3. The predicted octanol–water partition coefficient (Wildman–Crippen LogP) is 1.37. The van der Waals surface area contributed by atoms with E-state index in [2.05, 4.69) is 23.5 Å². The van der Waals surface area contributed by atoms with Gasteiger partial charge in [-0.15, -0.1) is 0 Å². The van der Waals surface area contributed by atoms with Gasteiger partial charge in [0.2, 0.25) is 0 Å². The van der Waals surface area contributed by atoms with E-state index in [-0.39, 0.29) is 6.04 Å². The van der Waals surface area contributed by atoms with Crippen LogP contribution in [0.1, 0.15) is 30.0 Å². The van der Waals surface area contributed by atoms with Gasteiger partial charge in [0.1, 0.15) is 5.75 Å². The van der Waals surface area contributed by atoms with Gasteiger partial charge in [0.25, 0.3) is 0 Å². The van der Waals surface area contributed by atoms with Crippen molar-refractivity contribution in [2.45, 2.75) is 31.3 Å². The first kappa shape index (κ1) is 10.1. The first-order valence-corrected chi connectivity index (χ1v) is 6.09. The fraction of sp³-hybridized carbons (Fsp3) is 0.538. The number of fused-ring (bicyclic) bond motifs is 1. The molecule has 2 aliphatic heterocycles. The second kappa shape index (κ2) is 4.07. The molecule has 0 aromatic heterocycles. The molecular formula is C13H18N2O. The molecule has 0 spiro atoms. The van der Waals surface area contributed by atoms with Crippen LogP contribution < -0.4 is 15.8 Å². The van der Waals surface area contributed by atoms with Crippen molar-refractivity contribution in [3.8, 4) is 5.75 Å². The monoisotopic (exact) mass is 218 g/mol. The molecule has 3 rings (SSSR count). The molecule has 0 saturated carbocycles. The van der Waals surface area contributed by atoms with Crippen LogP contribution in [-0.2, 0) is 6.42 Å². The summed E-state index contributed by atoms with van der Waals surface area (Å²) in [6.07, 6.45) is 3.45. The van der Waals surface area contributed by atoms with E-state index < -0.39 is 0 Å². The summed E-state index contributed by atoms with van der Waals surface area (Å²) in [5, 5.41) is 3.47. The Morgan fingerprint density at radius 1 is 1.44 bits per heavy atom.